The molecule has 1 aliphatic rings. The molecule has 1 atom stereocenters. The fraction of sp³-hybridized carbons (Fsp3) is 0.467. The second-order valence-electron chi connectivity index (χ2n) is 4.77. The number of hydrogen-bond acceptors (Lipinski definition) is 5. The predicted octanol–water partition coefficient (Wildman–Crippen LogP) is 2.18. The molecule has 6 heteroatoms. The van der Waals surface area contributed by atoms with Gasteiger partial charge in [-0.2, -0.15) is 0 Å². The molecule has 1 aliphatic heterocycles. The molecule has 2 rings (SSSR count). The normalized spacial score (nSPS) is 18.7. The lowest BCUT2D eigenvalue weighted by Crippen LogP contribution is -2.25. The van der Waals surface area contributed by atoms with Crippen molar-refractivity contribution >= 4 is 23.4 Å². The Kier molecular flexibility index (Phi) is 6.07. The SMILES string of the molecule is CCCSc1ccc(/C(=N\O[C@@H]2CCOC2)C(N)=O)cc1. The molecule has 0 bridgehead atoms. The van der Waals surface area contributed by atoms with Crippen LogP contribution < -0.4 is 5.73 Å². The van der Waals surface area contributed by atoms with Crippen LogP contribution in [0, 0.1) is 0 Å². The smallest absolute Gasteiger partial charge is 0.271 e. The zero-order valence-electron chi connectivity index (χ0n) is 12.1. The number of carbonyl (C=O) groups excluding carboxylic acids is 1. The number of hydrogen-bond donors (Lipinski definition) is 1. The minimum Gasteiger partial charge on any atom is -0.389 e. The van der Waals surface area contributed by atoms with Crippen LogP contribution in [0.4, 0.5) is 0 Å². The quantitative estimate of drug-likeness (QED) is 0.476. The molecule has 1 saturated heterocycles. The van der Waals surface area contributed by atoms with Gasteiger partial charge in [-0.15, -0.1) is 11.8 Å². The van der Waals surface area contributed by atoms with Crippen molar-refractivity contribution in [3.05, 3.63) is 29.8 Å². The maximum Gasteiger partial charge on any atom is 0.271 e. The first kappa shape index (κ1) is 15.9. The molecular formula is C15H20N2O3S. The van der Waals surface area contributed by atoms with Gasteiger partial charge in [0, 0.05) is 16.9 Å². The second kappa shape index (κ2) is 8.05. The summed E-state index contributed by atoms with van der Waals surface area (Å²) < 4.78 is 5.20. The van der Waals surface area contributed by atoms with Gasteiger partial charge in [-0.3, -0.25) is 4.79 Å². The predicted molar refractivity (Wildman–Crippen MR) is 83.5 cm³/mol. The second-order valence-corrected chi connectivity index (χ2v) is 5.94. The number of oxime groups is 1. The molecule has 5 nitrogen and oxygen atoms in total. The summed E-state index contributed by atoms with van der Waals surface area (Å²) in [6.07, 6.45) is 1.80. The molecule has 0 saturated carbocycles. The molecule has 1 amide bonds. The van der Waals surface area contributed by atoms with Gasteiger partial charge < -0.3 is 15.3 Å². The number of amides is 1. The maximum atomic E-state index is 11.5. The number of nitrogens with two attached hydrogens (primary N) is 1. The lowest BCUT2D eigenvalue weighted by atomic mass is 10.1. The summed E-state index contributed by atoms with van der Waals surface area (Å²) in [4.78, 5) is 18.0. The molecule has 1 aromatic carbocycles. The van der Waals surface area contributed by atoms with Crippen molar-refractivity contribution in [2.45, 2.75) is 30.8 Å². The molecule has 1 aromatic rings. The van der Waals surface area contributed by atoms with Crippen LogP contribution in [-0.4, -0.2) is 36.7 Å². The Labute approximate surface area is 128 Å². The van der Waals surface area contributed by atoms with Crippen LogP contribution in [0.1, 0.15) is 25.3 Å². The molecule has 0 aromatic heterocycles. The minimum absolute atomic E-state index is 0.0984. The van der Waals surface area contributed by atoms with Crippen molar-refractivity contribution in [1.29, 1.82) is 0 Å². The van der Waals surface area contributed by atoms with Crippen molar-refractivity contribution in [3.63, 3.8) is 0 Å². The highest BCUT2D eigenvalue weighted by atomic mass is 32.2. The molecule has 0 unspecified atom stereocenters. The third-order valence-corrected chi connectivity index (χ3v) is 4.23. The summed E-state index contributed by atoms with van der Waals surface area (Å²) in [6.45, 7) is 3.31. The summed E-state index contributed by atoms with van der Waals surface area (Å²) in [6, 6.07) is 7.62. The Balaban J connectivity index is 2.06. The van der Waals surface area contributed by atoms with Crippen molar-refractivity contribution in [1.82, 2.24) is 0 Å². The molecule has 2 N–H and O–H groups in total. The van der Waals surface area contributed by atoms with Gasteiger partial charge in [0.15, 0.2) is 11.8 Å². The van der Waals surface area contributed by atoms with E-state index in [4.69, 9.17) is 15.3 Å². The first-order valence-corrected chi connectivity index (χ1v) is 8.04. The molecule has 1 fully saturated rings. The summed E-state index contributed by atoms with van der Waals surface area (Å²) in [5, 5.41) is 3.92. The number of ether oxygens (including phenoxy) is 1. The fourth-order valence-corrected chi connectivity index (χ4v) is 2.66. The van der Waals surface area contributed by atoms with E-state index in [-0.39, 0.29) is 11.8 Å². The zero-order valence-corrected chi connectivity index (χ0v) is 12.9. The summed E-state index contributed by atoms with van der Waals surface area (Å²) in [5.74, 6) is 0.476. The highest BCUT2D eigenvalue weighted by Gasteiger charge is 2.18. The topological polar surface area (TPSA) is 73.9 Å². The standard InChI is InChI=1S/C15H20N2O3S/c1-2-9-21-13-5-3-11(4-6-13)14(15(16)18)17-20-12-7-8-19-10-12/h3-6,12H,2,7-10H2,1H3,(H2,16,18)/b17-14+/t12-/m1/s1. The van der Waals surface area contributed by atoms with Gasteiger partial charge in [-0.25, -0.2) is 0 Å². The molecule has 0 aliphatic carbocycles. The van der Waals surface area contributed by atoms with Crippen molar-refractivity contribution < 1.29 is 14.4 Å². The van der Waals surface area contributed by atoms with Gasteiger partial charge in [0.05, 0.1) is 13.2 Å². The van der Waals surface area contributed by atoms with Crippen molar-refractivity contribution in [3.8, 4) is 0 Å². The van der Waals surface area contributed by atoms with E-state index in [1.54, 1.807) is 11.8 Å². The summed E-state index contributed by atoms with van der Waals surface area (Å²) in [7, 11) is 0. The molecular weight excluding hydrogens is 288 g/mol. The van der Waals surface area contributed by atoms with E-state index in [2.05, 4.69) is 12.1 Å². The highest BCUT2D eigenvalue weighted by Crippen LogP contribution is 2.19. The van der Waals surface area contributed by atoms with E-state index in [0.29, 0.717) is 18.8 Å². The number of benzene rings is 1. The largest absolute Gasteiger partial charge is 0.389 e. The Hall–Kier alpha value is -1.53. The highest BCUT2D eigenvalue weighted by molar-refractivity contribution is 7.99. The molecule has 21 heavy (non-hydrogen) atoms. The Morgan fingerprint density at radius 3 is 2.81 bits per heavy atom. The van der Waals surface area contributed by atoms with Crippen LogP contribution in [0.5, 0.6) is 0 Å². The Morgan fingerprint density at radius 1 is 1.48 bits per heavy atom. The van der Waals surface area contributed by atoms with E-state index in [1.807, 2.05) is 24.3 Å². The summed E-state index contributed by atoms with van der Waals surface area (Å²) in [5.41, 5.74) is 6.20. The third-order valence-electron chi connectivity index (χ3n) is 3.01. The average molecular weight is 308 g/mol. The van der Waals surface area contributed by atoms with Crippen LogP contribution in [0.15, 0.2) is 34.3 Å². The Morgan fingerprint density at radius 2 is 2.24 bits per heavy atom. The lowest BCUT2D eigenvalue weighted by molar-refractivity contribution is -0.112. The maximum absolute atomic E-state index is 11.5. The zero-order chi connectivity index (χ0) is 15.1. The number of thioether (sulfide) groups is 1. The van der Waals surface area contributed by atoms with E-state index in [1.165, 1.54) is 0 Å². The summed E-state index contributed by atoms with van der Waals surface area (Å²) >= 11 is 1.78. The van der Waals surface area contributed by atoms with Crippen LogP contribution in [0.3, 0.4) is 0 Å². The van der Waals surface area contributed by atoms with E-state index >= 15 is 0 Å². The van der Waals surface area contributed by atoms with E-state index in [9.17, 15) is 4.79 Å². The first-order chi connectivity index (χ1) is 10.2. The fourth-order valence-electron chi connectivity index (χ4n) is 1.89. The van der Waals surface area contributed by atoms with Gasteiger partial charge in [0.1, 0.15) is 0 Å². The van der Waals surface area contributed by atoms with Gasteiger partial charge in [0.2, 0.25) is 0 Å². The third kappa shape index (κ3) is 4.75. The number of carbonyl (C=O) groups is 1. The van der Waals surface area contributed by atoms with Crippen LogP contribution in [0.25, 0.3) is 0 Å². The Bertz CT molecular complexity index is 496. The average Bonchev–Trinajstić information content (AvgIpc) is 2.99. The van der Waals surface area contributed by atoms with Crippen LogP contribution in [0.2, 0.25) is 0 Å². The van der Waals surface area contributed by atoms with Gasteiger partial charge in [-0.05, 0) is 24.3 Å². The van der Waals surface area contributed by atoms with Gasteiger partial charge in [-0.1, -0.05) is 24.2 Å². The molecule has 0 spiro atoms. The number of nitrogens with zero attached hydrogens (tertiary/aromatic N) is 1. The first-order valence-electron chi connectivity index (χ1n) is 7.05. The molecule has 1 heterocycles. The lowest BCUT2D eigenvalue weighted by Gasteiger charge is -2.08. The van der Waals surface area contributed by atoms with E-state index < -0.39 is 5.91 Å². The van der Waals surface area contributed by atoms with Crippen LogP contribution in [-0.2, 0) is 14.4 Å². The minimum atomic E-state index is -0.595. The van der Waals surface area contributed by atoms with Crippen molar-refractivity contribution in [2.75, 3.05) is 19.0 Å². The van der Waals surface area contributed by atoms with Crippen molar-refractivity contribution in [2.24, 2.45) is 10.9 Å². The molecule has 0 radical (unpaired) electrons. The van der Waals surface area contributed by atoms with E-state index in [0.717, 1.165) is 23.5 Å². The number of primary amides is 1. The molecule has 114 valence electrons. The van der Waals surface area contributed by atoms with Gasteiger partial charge >= 0.3 is 0 Å². The van der Waals surface area contributed by atoms with Crippen LogP contribution >= 0.6 is 11.8 Å². The van der Waals surface area contributed by atoms with Gasteiger partial charge in [0.25, 0.3) is 5.91 Å². The number of rotatable bonds is 7. The monoisotopic (exact) mass is 308 g/mol.